The van der Waals surface area contributed by atoms with E-state index in [1.807, 2.05) is 18.2 Å². The van der Waals surface area contributed by atoms with Crippen molar-refractivity contribution in [3.63, 3.8) is 0 Å². The van der Waals surface area contributed by atoms with Crippen LogP contribution in [0.5, 0.6) is 0 Å². The molecule has 1 aromatic carbocycles. The summed E-state index contributed by atoms with van der Waals surface area (Å²) in [5.74, 6) is 2.52. The number of carbonyl (C=O) groups excluding carboxylic acids is 1. The number of hydrogen-bond acceptors (Lipinski definition) is 2. The summed E-state index contributed by atoms with van der Waals surface area (Å²) in [5, 5.41) is 9.38. The lowest BCUT2D eigenvalue weighted by atomic mass is 10.0. The molecule has 0 unspecified atom stereocenters. The Morgan fingerprint density at radius 3 is 2.69 bits per heavy atom. The van der Waals surface area contributed by atoms with Gasteiger partial charge in [-0.15, -0.1) is 12.3 Å². The van der Waals surface area contributed by atoms with Gasteiger partial charge in [0.1, 0.15) is 0 Å². The minimum absolute atomic E-state index is 0.119. The van der Waals surface area contributed by atoms with E-state index in [-0.39, 0.29) is 5.78 Å². The average molecular weight is 216 g/mol. The number of aliphatic hydroxyl groups excluding tert-OH is 1. The maximum atomic E-state index is 11.7. The first-order chi connectivity index (χ1) is 7.74. The summed E-state index contributed by atoms with van der Waals surface area (Å²) in [4.78, 5) is 11.7. The molecule has 0 aliphatic heterocycles. The van der Waals surface area contributed by atoms with E-state index in [2.05, 4.69) is 5.92 Å². The zero-order valence-electron chi connectivity index (χ0n) is 9.23. The van der Waals surface area contributed by atoms with Gasteiger partial charge in [-0.3, -0.25) is 4.79 Å². The number of hydrogen-bond donors (Lipinski definition) is 1. The molecule has 0 radical (unpaired) electrons. The molecular formula is C14H16O2. The van der Waals surface area contributed by atoms with E-state index in [0.29, 0.717) is 25.7 Å². The normalized spacial score (nSPS) is 11.8. The van der Waals surface area contributed by atoms with Gasteiger partial charge in [0.25, 0.3) is 0 Å². The van der Waals surface area contributed by atoms with Gasteiger partial charge >= 0.3 is 0 Å². The fourth-order valence-electron chi connectivity index (χ4n) is 1.50. The monoisotopic (exact) mass is 216 g/mol. The highest BCUT2D eigenvalue weighted by Crippen LogP contribution is 2.09. The van der Waals surface area contributed by atoms with Crippen LogP contribution in [-0.4, -0.2) is 17.0 Å². The van der Waals surface area contributed by atoms with Crippen LogP contribution in [0.4, 0.5) is 0 Å². The third-order valence-corrected chi connectivity index (χ3v) is 2.39. The van der Waals surface area contributed by atoms with Crippen LogP contribution in [0, 0.1) is 12.3 Å². The number of benzene rings is 1. The van der Waals surface area contributed by atoms with Crippen LogP contribution >= 0.6 is 0 Å². The van der Waals surface area contributed by atoms with E-state index < -0.39 is 6.10 Å². The van der Waals surface area contributed by atoms with Crippen LogP contribution in [0.1, 0.15) is 36.0 Å². The third-order valence-electron chi connectivity index (χ3n) is 2.39. The topological polar surface area (TPSA) is 37.3 Å². The van der Waals surface area contributed by atoms with Crippen molar-refractivity contribution in [3.8, 4) is 12.3 Å². The maximum Gasteiger partial charge on any atom is 0.162 e. The molecular weight excluding hydrogens is 200 g/mol. The summed E-state index contributed by atoms with van der Waals surface area (Å²) in [5.41, 5.74) is 0.730. The third kappa shape index (κ3) is 4.29. The SMILES string of the molecule is C#CC[C@@H](O)CCCC(=O)c1ccccc1. The van der Waals surface area contributed by atoms with Crippen LogP contribution < -0.4 is 0 Å². The van der Waals surface area contributed by atoms with Gasteiger partial charge in [0.2, 0.25) is 0 Å². The van der Waals surface area contributed by atoms with Gasteiger partial charge < -0.3 is 5.11 Å². The van der Waals surface area contributed by atoms with Gasteiger partial charge in [0.15, 0.2) is 5.78 Å². The molecule has 0 bridgehead atoms. The van der Waals surface area contributed by atoms with Crippen molar-refractivity contribution in [2.75, 3.05) is 0 Å². The Kier molecular flexibility index (Phi) is 5.31. The van der Waals surface area contributed by atoms with Gasteiger partial charge in [0.05, 0.1) is 6.10 Å². The van der Waals surface area contributed by atoms with Crippen LogP contribution in [0.25, 0.3) is 0 Å². The number of aliphatic hydroxyl groups is 1. The van der Waals surface area contributed by atoms with E-state index in [9.17, 15) is 9.90 Å². The molecule has 0 aliphatic rings. The molecule has 1 rings (SSSR count). The fraction of sp³-hybridized carbons (Fsp3) is 0.357. The van der Waals surface area contributed by atoms with Crippen molar-refractivity contribution >= 4 is 5.78 Å². The lowest BCUT2D eigenvalue weighted by molar-refractivity contribution is 0.0970. The van der Waals surface area contributed by atoms with Gasteiger partial charge in [-0.05, 0) is 12.8 Å². The van der Waals surface area contributed by atoms with Crippen LogP contribution in [0.2, 0.25) is 0 Å². The van der Waals surface area contributed by atoms with Crippen LogP contribution in [0.3, 0.4) is 0 Å². The van der Waals surface area contributed by atoms with Crippen LogP contribution in [-0.2, 0) is 0 Å². The Hall–Kier alpha value is -1.59. The Morgan fingerprint density at radius 2 is 2.06 bits per heavy atom. The second kappa shape index (κ2) is 6.81. The smallest absolute Gasteiger partial charge is 0.162 e. The molecule has 0 spiro atoms. The van der Waals surface area contributed by atoms with Crippen molar-refractivity contribution in [2.45, 2.75) is 31.8 Å². The molecule has 0 aromatic heterocycles. The largest absolute Gasteiger partial charge is 0.392 e. The van der Waals surface area contributed by atoms with E-state index in [0.717, 1.165) is 5.56 Å². The summed E-state index contributed by atoms with van der Waals surface area (Å²) >= 11 is 0. The zero-order chi connectivity index (χ0) is 11.8. The van der Waals surface area contributed by atoms with Crippen molar-refractivity contribution < 1.29 is 9.90 Å². The Balaban J connectivity index is 2.29. The van der Waals surface area contributed by atoms with Gasteiger partial charge in [0, 0.05) is 18.4 Å². The second-order valence-corrected chi connectivity index (χ2v) is 3.74. The summed E-state index contributed by atoms with van der Waals surface area (Å²) in [7, 11) is 0. The van der Waals surface area contributed by atoms with E-state index >= 15 is 0 Å². The van der Waals surface area contributed by atoms with Crippen LogP contribution in [0.15, 0.2) is 30.3 Å². The Labute approximate surface area is 96.3 Å². The van der Waals surface area contributed by atoms with E-state index in [4.69, 9.17) is 6.42 Å². The lowest BCUT2D eigenvalue weighted by Gasteiger charge is -2.05. The molecule has 16 heavy (non-hydrogen) atoms. The molecule has 0 heterocycles. The number of ketones is 1. The summed E-state index contributed by atoms with van der Waals surface area (Å²) < 4.78 is 0. The van der Waals surface area contributed by atoms with Crippen molar-refractivity contribution in [2.24, 2.45) is 0 Å². The maximum absolute atomic E-state index is 11.7. The highest BCUT2D eigenvalue weighted by Gasteiger charge is 2.07. The number of Topliss-reactive ketones (excluding diaryl/α,β-unsaturated/α-hetero) is 1. The Bertz CT molecular complexity index is 362. The van der Waals surface area contributed by atoms with Gasteiger partial charge in [-0.1, -0.05) is 30.3 Å². The number of rotatable bonds is 6. The minimum Gasteiger partial charge on any atom is -0.392 e. The van der Waals surface area contributed by atoms with Crippen molar-refractivity contribution in [1.82, 2.24) is 0 Å². The van der Waals surface area contributed by atoms with Crippen molar-refractivity contribution in [1.29, 1.82) is 0 Å². The molecule has 1 atom stereocenters. The quantitative estimate of drug-likeness (QED) is 0.585. The zero-order valence-corrected chi connectivity index (χ0v) is 9.23. The first-order valence-electron chi connectivity index (χ1n) is 5.44. The van der Waals surface area contributed by atoms with Gasteiger partial charge in [-0.2, -0.15) is 0 Å². The highest BCUT2D eigenvalue weighted by molar-refractivity contribution is 5.95. The predicted molar refractivity (Wildman–Crippen MR) is 64.1 cm³/mol. The summed E-state index contributed by atoms with van der Waals surface area (Å²) in [6.45, 7) is 0. The first kappa shape index (κ1) is 12.5. The summed E-state index contributed by atoms with van der Waals surface area (Å²) in [6, 6.07) is 9.19. The fourth-order valence-corrected chi connectivity index (χ4v) is 1.50. The molecule has 0 saturated heterocycles. The second-order valence-electron chi connectivity index (χ2n) is 3.74. The average Bonchev–Trinajstić information content (AvgIpc) is 2.30. The lowest BCUT2D eigenvalue weighted by Crippen LogP contribution is -2.06. The molecule has 0 fully saturated rings. The molecule has 0 saturated carbocycles. The van der Waals surface area contributed by atoms with Gasteiger partial charge in [-0.25, -0.2) is 0 Å². The molecule has 1 N–H and O–H groups in total. The first-order valence-corrected chi connectivity index (χ1v) is 5.44. The Morgan fingerprint density at radius 1 is 1.38 bits per heavy atom. The predicted octanol–water partition coefficient (Wildman–Crippen LogP) is 2.42. The number of terminal acetylenes is 1. The van der Waals surface area contributed by atoms with E-state index in [1.165, 1.54) is 0 Å². The molecule has 2 nitrogen and oxygen atoms in total. The van der Waals surface area contributed by atoms with E-state index in [1.54, 1.807) is 12.1 Å². The number of carbonyl (C=O) groups is 1. The molecule has 0 amide bonds. The summed E-state index contributed by atoms with van der Waals surface area (Å²) in [6.07, 6.45) is 6.68. The minimum atomic E-state index is -0.478. The molecule has 0 aliphatic carbocycles. The molecule has 84 valence electrons. The standard InChI is InChI=1S/C14H16O2/c1-2-7-13(15)10-6-11-14(16)12-8-4-3-5-9-12/h1,3-5,8-9,13,15H,6-7,10-11H2/t13-/m1/s1. The van der Waals surface area contributed by atoms with Crippen molar-refractivity contribution in [3.05, 3.63) is 35.9 Å². The molecule has 2 heteroatoms. The molecule has 1 aromatic rings. The highest BCUT2D eigenvalue weighted by atomic mass is 16.3.